The molecular formula is C23H26O3. The van der Waals surface area contributed by atoms with Crippen LogP contribution in [0.1, 0.15) is 39.2 Å². The van der Waals surface area contributed by atoms with Gasteiger partial charge in [-0.2, -0.15) is 0 Å². The largest absolute Gasteiger partial charge is 0.486 e. The molecule has 1 aromatic rings. The molecule has 1 rings (SSSR count). The molecular weight excluding hydrogens is 324 g/mol. The molecule has 1 unspecified atom stereocenters. The van der Waals surface area contributed by atoms with Crippen molar-refractivity contribution in [3.63, 3.8) is 0 Å². The van der Waals surface area contributed by atoms with Gasteiger partial charge in [-0.1, -0.05) is 44.6 Å². The molecule has 26 heavy (non-hydrogen) atoms. The van der Waals surface area contributed by atoms with Crippen LogP contribution in [-0.4, -0.2) is 19.8 Å². The number of allylic oxidation sites excluding steroid dienone is 2. The second kappa shape index (κ2) is 10.1. The molecule has 0 N–H and O–H groups in total. The van der Waals surface area contributed by atoms with Gasteiger partial charge in [0.15, 0.2) is 11.5 Å². The van der Waals surface area contributed by atoms with Crippen LogP contribution in [-0.2, 0) is 4.74 Å². The van der Waals surface area contributed by atoms with Crippen LogP contribution < -0.4 is 9.47 Å². The molecule has 0 aromatic heterocycles. The molecule has 0 fully saturated rings. The van der Waals surface area contributed by atoms with Crippen molar-refractivity contribution in [1.29, 1.82) is 0 Å². The minimum absolute atomic E-state index is 0.0503. The summed E-state index contributed by atoms with van der Waals surface area (Å²) in [5.74, 6) is 9.38. The lowest BCUT2D eigenvalue weighted by Crippen LogP contribution is -2.17. The Bertz CT molecular complexity index is 746. The monoisotopic (exact) mass is 350 g/mol. The maximum atomic E-state index is 5.65. The first-order valence-electron chi connectivity index (χ1n) is 8.34. The zero-order valence-electron chi connectivity index (χ0n) is 16.0. The third-order valence-electron chi connectivity index (χ3n) is 3.67. The molecule has 3 heteroatoms. The van der Waals surface area contributed by atoms with E-state index in [2.05, 4.69) is 44.6 Å². The Morgan fingerprint density at radius 2 is 1.58 bits per heavy atom. The van der Waals surface area contributed by atoms with E-state index in [0.29, 0.717) is 11.5 Å². The summed E-state index contributed by atoms with van der Waals surface area (Å²) in [6.07, 6.45) is 17.9. The van der Waals surface area contributed by atoms with Gasteiger partial charge in [0.05, 0.1) is 5.76 Å². The van der Waals surface area contributed by atoms with Crippen molar-refractivity contribution < 1.29 is 14.2 Å². The highest BCUT2D eigenvalue weighted by Gasteiger charge is 2.26. The van der Waals surface area contributed by atoms with Gasteiger partial charge in [-0.3, -0.25) is 0 Å². The topological polar surface area (TPSA) is 27.7 Å². The lowest BCUT2D eigenvalue weighted by Gasteiger charge is -2.29. The Morgan fingerprint density at radius 1 is 1.00 bits per heavy atom. The smallest absolute Gasteiger partial charge is 0.163 e. The number of ether oxygens (including phenoxy) is 3. The highest BCUT2D eigenvalue weighted by atomic mass is 16.5. The summed E-state index contributed by atoms with van der Waals surface area (Å²) in [4.78, 5) is 0. The van der Waals surface area contributed by atoms with E-state index in [9.17, 15) is 0 Å². The van der Waals surface area contributed by atoms with Crippen LogP contribution in [0.3, 0.4) is 0 Å². The molecule has 0 amide bonds. The first-order chi connectivity index (χ1) is 12.3. The summed E-state index contributed by atoms with van der Waals surface area (Å²) in [5.41, 5.74) is 1.01. The second-order valence-electron chi connectivity index (χ2n) is 6.81. The van der Waals surface area contributed by atoms with Crippen molar-refractivity contribution in [1.82, 2.24) is 0 Å². The van der Waals surface area contributed by atoms with Gasteiger partial charge in [0.1, 0.15) is 19.8 Å². The highest BCUT2D eigenvalue weighted by Crippen LogP contribution is 2.40. The van der Waals surface area contributed by atoms with Crippen molar-refractivity contribution in [2.24, 2.45) is 5.41 Å². The Balaban J connectivity index is 3.27. The molecule has 136 valence electrons. The molecule has 0 saturated carbocycles. The Labute approximate surface area is 157 Å². The molecule has 3 nitrogen and oxygen atoms in total. The number of hydrogen-bond donors (Lipinski definition) is 0. The van der Waals surface area contributed by atoms with E-state index in [1.807, 2.05) is 25.1 Å². The summed E-state index contributed by atoms with van der Waals surface area (Å²) in [6, 6.07) is 5.78. The fraction of sp³-hybridized carbons (Fsp3) is 0.391. The van der Waals surface area contributed by atoms with Crippen LogP contribution in [0.15, 0.2) is 30.0 Å². The Hall–Kier alpha value is -2.96. The van der Waals surface area contributed by atoms with Crippen molar-refractivity contribution >= 4 is 0 Å². The summed E-state index contributed by atoms with van der Waals surface area (Å²) < 4.78 is 16.7. The molecule has 0 bridgehead atoms. The molecule has 0 spiro atoms. The quantitative estimate of drug-likeness (QED) is 0.514. The molecule has 0 saturated heterocycles. The van der Waals surface area contributed by atoms with Crippen molar-refractivity contribution in [2.45, 2.75) is 33.6 Å². The molecule has 0 aliphatic rings. The van der Waals surface area contributed by atoms with Crippen LogP contribution in [0.2, 0.25) is 0 Å². The Morgan fingerprint density at radius 3 is 2.12 bits per heavy atom. The predicted molar refractivity (Wildman–Crippen MR) is 106 cm³/mol. The van der Waals surface area contributed by atoms with Crippen LogP contribution in [0, 0.1) is 42.4 Å². The normalized spacial score (nSPS) is 12.3. The van der Waals surface area contributed by atoms with Crippen molar-refractivity contribution in [3.8, 4) is 48.5 Å². The van der Waals surface area contributed by atoms with E-state index >= 15 is 0 Å². The van der Waals surface area contributed by atoms with Crippen molar-refractivity contribution in [2.75, 3.05) is 19.8 Å². The number of benzene rings is 1. The van der Waals surface area contributed by atoms with Gasteiger partial charge in [-0.05, 0) is 36.1 Å². The summed E-state index contributed by atoms with van der Waals surface area (Å²) in [7, 11) is 0. The molecule has 0 aliphatic carbocycles. The fourth-order valence-corrected chi connectivity index (χ4v) is 2.47. The third kappa shape index (κ3) is 6.51. The van der Waals surface area contributed by atoms with Crippen LogP contribution >= 0.6 is 0 Å². The first-order valence-corrected chi connectivity index (χ1v) is 8.34. The summed E-state index contributed by atoms with van der Waals surface area (Å²) in [6.45, 7) is 8.93. The van der Waals surface area contributed by atoms with Gasteiger partial charge in [0.25, 0.3) is 0 Å². The zero-order chi connectivity index (χ0) is 19.6. The predicted octanol–water partition coefficient (Wildman–Crippen LogP) is 4.39. The van der Waals surface area contributed by atoms with E-state index in [1.54, 1.807) is 0 Å². The van der Waals surface area contributed by atoms with E-state index in [-0.39, 0.29) is 31.2 Å². The SMILES string of the molecule is C#CCO/C(C)=C\C(c1ccc(OCC#C)c(OCC#C)c1)C(C)(C)C. The number of terminal acetylenes is 3. The fourth-order valence-electron chi connectivity index (χ4n) is 2.47. The maximum Gasteiger partial charge on any atom is 0.163 e. The number of hydrogen-bond acceptors (Lipinski definition) is 3. The third-order valence-corrected chi connectivity index (χ3v) is 3.67. The molecule has 0 heterocycles. The van der Waals surface area contributed by atoms with E-state index in [4.69, 9.17) is 33.5 Å². The van der Waals surface area contributed by atoms with E-state index < -0.39 is 0 Å². The summed E-state index contributed by atoms with van der Waals surface area (Å²) >= 11 is 0. The zero-order valence-corrected chi connectivity index (χ0v) is 16.0. The standard InChI is InChI=1S/C23H26O3/c1-8-13-24-18(4)16-20(23(5,6)7)19-11-12-21(25-14-9-2)22(17-19)26-15-10-3/h1-3,11-12,16-17,20H,13-15H2,4-7H3/b18-16-. The van der Waals surface area contributed by atoms with E-state index in [0.717, 1.165) is 11.3 Å². The molecule has 1 aromatic carbocycles. The second-order valence-corrected chi connectivity index (χ2v) is 6.81. The highest BCUT2D eigenvalue weighted by molar-refractivity contribution is 5.45. The minimum atomic E-state index is -0.0503. The van der Waals surface area contributed by atoms with E-state index in [1.165, 1.54) is 0 Å². The lowest BCUT2D eigenvalue weighted by atomic mass is 9.76. The van der Waals surface area contributed by atoms with Gasteiger partial charge < -0.3 is 14.2 Å². The number of rotatable bonds is 8. The summed E-state index contributed by atoms with van der Waals surface area (Å²) in [5, 5.41) is 0. The Kier molecular flexibility index (Phi) is 8.21. The molecule has 1 atom stereocenters. The van der Waals surface area contributed by atoms with Gasteiger partial charge >= 0.3 is 0 Å². The van der Waals surface area contributed by atoms with Crippen LogP contribution in [0.4, 0.5) is 0 Å². The van der Waals surface area contributed by atoms with Gasteiger partial charge in [0, 0.05) is 5.92 Å². The van der Waals surface area contributed by atoms with Crippen molar-refractivity contribution in [3.05, 3.63) is 35.6 Å². The average Bonchev–Trinajstić information content (AvgIpc) is 2.60. The van der Waals surface area contributed by atoms with Gasteiger partial charge in [-0.25, -0.2) is 0 Å². The molecule has 0 aliphatic heterocycles. The van der Waals surface area contributed by atoms with Crippen LogP contribution in [0.5, 0.6) is 11.5 Å². The lowest BCUT2D eigenvalue weighted by molar-refractivity contribution is 0.248. The van der Waals surface area contributed by atoms with Crippen LogP contribution in [0.25, 0.3) is 0 Å². The van der Waals surface area contributed by atoms with Gasteiger partial charge in [0.2, 0.25) is 0 Å². The van der Waals surface area contributed by atoms with Gasteiger partial charge in [-0.15, -0.1) is 19.3 Å². The average molecular weight is 350 g/mol. The first kappa shape index (κ1) is 21.1. The minimum Gasteiger partial charge on any atom is -0.486 e. The molecule has 0 radical (unpaired) electrons. The maximum absolute atomic E-state index is 5.65.